The first-order valence-electron chi connectivity index (χ1n) is 10.1. The van der Waals surface area contributed by atoms with Crippen LogP contribution in [0.3, 0.4) is 0 Å². The van der Waals surface area contributed by atoms with Crippen molar-refractivity contribution in [2.24, 2.45) is 5.92 Å². The van der Waals surface area contributed by atoms with E-state index in [9.17, 15) is 9.59 Å². The van der Waals surface area contributed by atoms with Crippen LogP contribution in [0.25, 0.3) is 6.08 Å². The Bertz CT molecular complexity index is 1140. The average Bonchev–Trinajstić information content (AvgIpc) is 3.29. The average molecular weight is 489 g/mol. The van der Waals surface area contributed by atoms with E-state index in [1.54, 1.807) is 30.5 Å². The first-order valence-corrected chi connectivity index (χ1v) is 12.1. The molecule has 32 heavy (non-hydrogen) atoms. The van der Waals surface area contributed by atoms with Crippen molar-refractivity contribution in [3.63, 3.8) is 0 Å². The number of carbonyl (C=O) groups excluding carboxylic acids is 2. The molecule has 1 saturated carbocycles. The lowest BCUT2D eigenvalue weighted by atomic mass is 10.3. The van der Waals surface area contributed by atoms with Gasteiger partial charge in [-0.25, -0.2) is 4.98 Å². The summed E-state index contributed by atoms with van der Waals surface area (Å²) >= 11 is 8.86. The third-order valence-corrected chi connectivity index (χ3v) is 6.81. The van der Waals surface area contributed by atoms with Gasteiger partial charge in [0, 0.05) is 18.3 Å². The van der Waals surface area contributed by atoms with Crippen molar-refractivity contribution in [3.8, 4) is 16.7 Å². The van der Waals surface area contributed by atoms with Gasteiger partial charge in [0.05, 0.1) is 26.3 Å². The SMILES string of the molecule is C[C@@H](C=Cc1cnc(Oc2ccc(OCC3CC3)cc2Cl)s1)NC(=O)c1ccc(C=O)s1. The molecule has 1 fully saturated rings. The number of ether oxygens (including phenoxy) is 2. The largest absolute Gasteiger partial charge is 0.493 e. The Labute approximate surface area is 198 Å². The van der Waals surface area contributed by atoms with E-state index in [4.69, 9.17) is 21.1 Å². The summed E-state index contributed by atoms with van der Waals surface area (Å²) in [6.07, 6.45) is 8.63. The van der Waals surface area contributed by atoms with E-state index in [2.05, 4.69) is 10.3 Å². The molecular formula is C23H21ClN2O4S2. The maximum absolute atomic E-state index is 12.2. The molecule has 4 rings (SSSR count). The maximum Gasteiger partial charge on any atom is 0.279 e. The predicted molar refractivity (Wildman–Crippen MR) is 128 cm³/mol. The zero-order valence-corrected chi connectivity index (χ0v) is 19.6. The molecule has 0 radical (unpaired) electrons. The van der Waals surface area contributed by atoms with Gasteiger partial charge in [-0.3, -0.25) is 9.59 Å². The summed E-state index contributed by atoms with van der Waals surface area (Å²) in [6.45, 7) is 2.60. The molecule has 0 bridgehead atoms. The van der Waals surface area contributed by atoms with Crippen molar-refractivity contribution in [2.75, 3.05) is 6.61 Å². The van der Waals surface area contributed by atoms with Crippen LogP contribution in [0, 0.1) is 5.92 Å². The van der Waals surface area contributed by atoms with E-state index < -0.39 is 0 Å². The molecule has 2 heterocycles. The van der Waals surface area contributed by atoms with Crippen LogP contribution in [0.1, 0.15) is 44.0 Å². The van der Waals surface area contributed by atoms with Gasteiger partial charge in [0.15, 0.2) is 6.29 Å². The van der Waals surface area contributed by atoms with Crippen LogP contribution in [0.5, 0.6) is 16.7 Å². The topological polar surface area (TPSA) is 77.5 Å². The molecule has 0 saturated heterocycles. The molecule has 2 aromatic heterocycles. The lowest BCUT2D eigenvalue weighted by molar-refractivity contribution is 0.0951. The Kier molecular flexibility index (Phi) is 7.24. The van der Waals surface area contributed by atoms with Crippen LogP contribution in [0.15, 0.2) is 42.6 Å². The van der Waals surface area contributed by atoms with Crippen molar-refractivity contribution >= 4 is 52.5 Å². The highest BCUT2D eigenvalue weighted by Crippen LogP contribution is 2.35. The van der Waals surface area contributed by atoms with Gasteiger partial charge in [-0.1, -0.05) is 29.0 Å². The lowest BCUT2D eigenvalue weighted by Gasteiger charge is -2.08. The summed E-state index contributed by atoms with van der Waals surface area (Å²) in [5.74, 6) is 1.71. The number of aromatic nitrogens is 1. The van der Waals surface area contributed by atoms with Crippen LogP contribution in [-0.2, 0) is 0 Å². The number of nitrogens with one attached hydrogen (secondary N) is 1. The minimum absolute atomic E-state index is 0.201. The quantitative estimate of drug-likeness (QED) is 0.350. The molecule has 0 aliphatic heterocycles. The second kappa shape index (κ2) is 10.3. The minimum Gasteiger partial charge on any atom is -0.493 e. The first-order chi connectivity index (χ1) is 15.5. The van der Waals surface area contributed by atoms with E-state index in [1.807, 2.05) is 25.1 Å². The molecule has 1 aliphatic rings. The Hall–Kier alpha value is -2.68. The van der Waals surface area contributed by atoms with Crippen LogP contribution in [0.2, 0.25) is 5.02 Å². The lowest BCUT2D eigenvalue weighted by Crippen LogP contribution is -2.30. The molecule has 0 unspecified atom stereocenters. The van der Waals surface area contributed by atoms with Crippen molar-refractivity contribution in [1.82, 2.24) is 10.3 Å². The number of hydrogen-bond donors (Lipinski definition) is 1. The molecular weight excluding hydrogens is 468 g/mol. The van der Waals surface area contributed by atoms with Gasteiger partial charge in [-0.2, -0.15) is 0 Å². The number of benzene rings is 1. The highest BCUT2D eigenvalue weighted by atomic mass is 35.5. The van der Waals surface area contributed by atoms with Gasteiger partial charge in [0.1, 0.15) is 11.5 Å². The van der Waals surface area contributed by atoms with E-state index in [1.165, 1.54) is 24.2 Å². The number of carbonyl (C=O) groups is 2. The van der Waals surface area contributed by atoms with Crippen LogP contribution < -0.4 is 14.8 Å². The van der Waals surface area contributed by atoms with Crippen LogP contribution in [-0.4, -0.2) is 29.8 Å². The number of halogens is 1. The fourth-order valence-corrected chi connectivity index (χ4v) is 4.37. The van der Waals surface area contributed by atoms with Gasteiger partial charge in [-0.15, -0.1) is 11.3 Å². The second-order valence-electron chi connectivity index (χ2n) is 7.42. The normalized spacial score (nSPS) is 14.3. The van der Waals surface area contributed by atoms with Crippen molar-refractivity contribution in [1.29, 1.82) is 0 Å². The maximum atomic E-state index is 12.2. The van der Waals surface area contributed by atoms with Gasteiger partial charge in [-0.05, 0) is 56.0 Å². The Morgan fingerprint density at radius 1 is 1.28 bits per heavy atom. The van der Waals surface area contributed by atoms with Crippen LogP contribution >= 0.6 is 34.3 Å². The summed E-state index contributed by atoms with van der Waals surface area (Å²) in [6, 6.07) is 8.45. The number of nitrogens with zero attached hydrogens (tertiary/aromatic N) is 1. The van der Waals surface area contributed by atoms with Gasteiger partial charge < -0.3 is 14.8 Å². The molecule has 1 amide bonds. The van der Waals surface area contributed by atoms with E-state index >= 15 is 0 Å². The molecule has 166 valence electrons. The summed E-state index contributed by atoms with van der Waals surface area (Å²) in [7, 11) is 0. The summed E-state index contributed by atoms with van der Waals surface area (Å²) in [5, 5.41) is 3.81. The fraction of sp³-hybridized carbons (Fsp3) is 0.261. The van der Waals surface area contributed by atoms with Gasteiger partial charge in [0.25, 0.3) is 11.1 Å². The van der Waals surface area contributed by atoms with Crippen LogP contribution in [0.4, 0.5) is 0 Å². The standard InChI is InChI=1S/C23H21ClN2O4S2/c1-14(26-22(28)21-9-7-18(12-27)31-21)2-6-17-11-25-23(32-17)30-20-8-5-16(10-19(20)24)29-13-15-3-4-15/h2,5-12,14-15H,3-4,13H2,1H3,(H,26,28)/t14-/m0/s1. The van der Waals surface area contributed by atoms with E-state index in [0.29, 0.717) is 31.6 Å². The highest BCUT2D eigenvalue weighted by Gasteiger charge is 2.22. The number of aldehydes is 1. The summed E-state index contributed by atoms with van der Waals surface area (Å²) < 4.78 is 11.5. The summed E-state index contributed by atoms with van der Waals surface area (Å²) in [4.78, 5) is 29.2. The van der Waals surface area contributed by atoms with E-state index in [-0.39, 0.29) is 11.9 Å². The highest BCUT2D eigenvalue weighted by molar-refractivity contribution is 7.15. The molecule has 3 aromatic rings. The molecule has 0 spiro atoms. The minimum atomic E-state index is -0.215. The Morgan fingerprint density at radius 3 is 2.84 bits per heavy atom. The predicted octanol–water partition coefficient (Wildman–Crippen LogP) is 6.08. The van der Waals surface area contributed by atoms with Crippen molar-refractivity contribution in [3.05, 3.63) is 62.3 Å². The number of rotatable bonds is 10. The van der Waals surface area contributed by atoms with Crippen molar-refractivity contribution in [2.45, 2.75) is 25.8 Å². The van der Waals surface area contributed by atoms with E-state index in [0.717, 1.165) is 34.9 Å². The zero-order chi connectivity index (χ0) is 22.5. The Balaban J connectivity index is 1.30. The number of thiazole rings is 1. The first kappa shape index (κ1) is 22.5. The fourth-order valence-electron chi connectivity index (χ4n) is 2.74. The van der Waals surface area contributed by atoms with Gasteiger partial charge >= 0.3 is 0 Å². The molecule has 1 N–H and O–H groups in total. The summed E-state index contributed by atoms with van der Waals surface area (Å²) in [5.41, 5.74) is 0. The monoisotopic (exact) mass is 488 g/mol. The Morgan fingerprint density at radius 2 is 2.12 bits per heavy atom. The number of amides is 1. The smallest absolute Gasteiger partial charge is 0.279 e. The molecule has 9 heteroatoms. The number of thiophene rings is 1. The third-order valence-electron chi connectivity index (χ3n) is 4.66. The van der Waals surface area contributed by atoms with Crippen molar-refractivity contribution < 1.29 is 19.1 Å². The second-order valence-corrected chi connectivity index (χ2v) is 9.97. The molecule has 1 aliphatic carbocycles. The van der Waals surface area contributed by atoms with Gasteiger partial charge in [0.2, 0.25) is 0 Å². The number of hydrogen-bond acceptors (Lipinski definition) is 7. The molecule has 1 atom stereocenters. The third kappa shape index (κ3) is 6.18. The molecule has 6 nitrogen and oxygen atoms in total. The zero-order valence-electron chi connectivity index (χ0n) is 17.2. The molecule has 1 aromatic carbocycles.